The van der Waals surface area contributed by atoms with Crippen molar-refractivity contribution in [2.75, 3.05) is 31.1 Å². The van der Waals surface area contributed by atoms with Crippen LogP contribution in [-0.4, -0.2) is 37.0 Å². The number of amides is 1. The Balaban J connectivity index is 1.53. The van der Waals surface area contributed by atoms with Crippen molar-refractivity contribution in [3.05, 3.63) is 75.1 Å². The minimum atomic E-state index is -0.263. The normalized spacial score (nSPS) is 14.6. The van der Waals surface area contributed by atoms with Crippen LogP contribution >= 0.6 is 11.6 Å². The van der Waals surface area contributed by atoms with Crippen LogP contribution in [0.2, 0.25) is 5.02 Å². The standard InChI is InChI=1S/C21H19ClN2O3/c1-14-4-2-3-5-17(14)23-8-10-24(11-9-23)21(26)20-13-18(25)16-12-15(22)6-7-19(16)27-20/h2-7,12-13H,8-11H2,1H3. The predicted molar refractivity (Wildman–Crippen MR) is 107 cm³/mol. The molecule has 2 aromatic carbocycles. The number of hydrogen-bond acceptors (Lipinski definition) is 4. The molecule has 138 valence electrons. The number of carbonyl (C=O) groups excluding carboxylic acids is 1. The molecule has 1 aromatic heterocycles. The van der Waals surface area contributed by atoms with Gasteiger partial charge in [-0.15, -0.1) is 0 Å². The summed E-state index contributed by atoms with van der Waals surface area (Å²) in [6, 6.07) is 14.3. The van der Waals surface area contributed by atoms with E-state index in [1.165, 1.54) is 17.3 Å². The molecule has 0 unspecified atom stereocenters. The number of benzene rings is 2. The maximum atomic E-state index is 12.8. The Hall–Kier alpha value is -2.79. The number of piperazine rings is 1. The lowest BCUT2D eigenvalue weighted by Crippen LogP contribution is -2.49. The maximum Gasteiger partial charge on any atom is 0.289 e. The molecule has 2 heterocycles. The predicted octanol–water partition coefficient (Wildman–Crippen LogP) is 3.72. The SMILES string of the molecule is Cc1ccccc1N1CCN(C(=O)c2cc(=O)c3cc(Cl)ccc3o2)CC1. The zero-order valence-corrected chi connectivity index (χ0v) is 15.7. The van der Waals surface area contributed by atoms with E-state index in [2.05, 4.69) is 24.0 Å². The molecule has 5 nitrogen and oxygen atoms in total. The van der Waals surface area contributed by atoms with Crippen LogP contribution in [0.1, 0.15) is 16.1 Å². The molecule has 0 atom stereocenters. The van der Waals surface area contributed by atoms with Crippen LogP contribution < -0.4 is 10.3 Å². The van der Waals surface area contributed by atoms with Crippen molar-refractivity contribution in [2.24, 2.45) is 0 Å². The van der Waals surface area contributed by atoms with Crippen molar-refractivity contribution >= 4 is 34.2 Å². The van der Waals surface area contributed by atoms with Crippen LogP contribution in [0.25, 0.3) is 11.0 Å². The molecule has 0 bridgehead atoms. The van der Waals surface area contributed by atoms with Gasteiger partial charge in [0.05, 0.1) is 5.39 Å². The second-order valence-corrected chi connectivity index (χ2v) is 7.12. The molecule has 3 aromatic rings. The number of rotatable bonds is 2. The van der Waals surface area contributed by atoms with Crippen molar-refractivity contribution in [2.45, 2.75) is 6.92 Å². The smallest absolute Gasteiger partial charge is 0.289 e. The monoisotopic (exact) mass is 382 g/mol. The lowest BCUT2D eigenvalue weighted by atomic mass is 10.1. The third-order valence-corrected chi connectivity index (χ3v) is 5.16. The Morgan fingerprint density at radius 3 is 2.52 bits per heavy atom. The van der Waals surface area contributed by atoms with Crippen molar-refractivity contribution < 1.29 is 9.21 Å². The van der Waals surface area contributed by atoms with Crippen LogP contribution in [0.3, 0.4) is 0 Å². The summed E-state index contributed by atoms with van der Waals surface area (Å²) >= 11 is 5.93. The Labute approximate surface area is 161 Å². The molecule has 1 aliphatic rings. The van der Waals surface area contributed by atoms with Crippen LogP contribution in [0.15, 0.2) is 57.7 Å². The van der Waals surface area contributed by atoms with E-state index in [4.69, 9.17) is 16.0 Å². The molecule has 4 rings (SSSR count). The summed E-state index contributed by atoms with van der Waals surface area (Å²) in [4.78, 5) is 29.1. The van der Waals surface area contributed by atoms with E-state index >= 15 is 0 Å². The van der Waals surface area contributed by atoms with Gasteiger partial charge in [0, 0.05) is 43.0 Å². The van der Waals surface area contributed by atoms with Gasteiger partial charge in [-0.1, -0.05) is 29.8 Å². The van der Waals surface area contributed by atoms with Crippen molar-refractivity contribution in [3.8, 4) is 0 Å². The Morgan fingerprint density at radius 2 is 1.78 bits per heavy atom. The van der Waals surface area contributed by atoms with Crippen molar-refractivity contribution in [1.82, 2.24) is 4.90 Å². The van der Waals surface area contributed by atoms with Gasteiger partial charge in [0.15, 0.2) is 11.2 Å². The van der Waals surface area contributed by atoms with Crippen LogP contribution in [0.4, 0.5) is 5.69 Å². The number of anilines is 1. The Morgan fingerprint density at radius 1 is 1.04 bits per heavy atom. The Kier molecular flexibility index (Phi) is 4.62. The van der Waals surface area contributed by atoms with Gasteiger partial charge < -0.3 is 14.2 Å². The molecular formula is C21H19ClN2O3. The molecule has 0 saturated carbocycles. The fraction of sp³-hybridized carbons (Fsp3) is 0.238. The summed E-state index contributed by atoms with van der Waals surface area (Å²) < 4.78 is 5.68. The number of carbonyl (C=O) groups is 1. The third kappa shape index (κ3) is 3.43. The van der Waals surface area contributed by atoms with E-state index in [1.807, 2.05) is 12.1 Å². The molecule has 0 N–H and O–H groups in total. The number of hydrogen-bond donors (Lipinski definition) is 0. The highest BCUT2D eigenvalue weighted by Gasteiger charge is 2.25. The van der Waals surface area contributed by atoms with Gasteiger partial charge >= 0.3 is 0 Å². The first-order valence-corrected chi connectivity index (χ1v) is 9.24. The zero-order valence-electron chi connectivity index (χ0n) is 14.9. The molecule has 1 fully saturated rings. The minimum absolute atomic E-state index is 0.0687. The van der Waals surface area contributed by atoms with E-state index in [-0.39, 0.29) is 17.1 Å². The molecule has 27 heavy (non-hydrogen) atoms. The average Bonchev–Trinajstić information content (AvgIpc) is 2.68. The molecule has 6 heteroatoms. The van der Waals surface area contributed by atoms with Crippen molar-refractivity contribution in [1.29, 1.82) is 0 Å². The van der Waals surface area contributed by atoms with Gasteiger partial charge in [-0.2, -0.15) is 0 Å². The first-order chi connectivity index (χ1) is 13.0. The first-order valence-electron chi connectivity index (χ1n) is 8.86. The van der Waals surface area contributed by atoms with Gasteiger partial charge in [-0.25, -0.2) is 0 Å². The second kappa shape index (κ2) is 7.08. The highest BCUT2D eigenvalue weighted by Crippen LogP contribution is 2.22. The highest BCUT2D eigenvalue weighted by atomic mass is 35.5. The van der Waals surface area contributed by atoms with Crippen LogP contribution in [-0.2, 0) is 0 Å². The quantitative estimate of drug-likeness (QED) is 0.678. The van der Waals surface area contributed by atoms with Crippen LogP contribution in [0, 0.1) is 6.92 Å². The third-order valence-electron chi connectivity index (χ3n) is 4.92. The van der Waals surface area contributed by atoms with Crippen LogP contribution in [0.5, 0.6) is 0 Å². The number of fused-ring (bicyclic) bond motifs is 1. The Bertz CT molecular complexity index is 1070. The highest BCUT2D eigenvalue weighted by molar-refractivity contribution is 6.31. The molecule has 1 amide bonds. The van der Waals surface area contributed by atoms with E-state index in [1.54, 1.807) is 23.1 Å². The minimum Gasteiger partial charge on any atom is -0.451 e. The summed E-state index contributed by atoms with van der Waals surface area (Å²) in [7, 11) is 0. The largest absolute Gasteiger partial charge is 0.451 e. The average molecular weight is 383 g/mol. The molecule has 0 spiro atoms. The molecule has 1 saturated heterocycles. The summed E-state index contributed by atoms with van der Waals surface area (Å²) in [5, 5.41) is 0.838. The fourth-order valence-corrected chi connectivity index (χ4v) is 3.63. The van der Waals surface area contributed by atoms with E-state index in [9.17, 15) is 9.59 Å². The molecular weight excluding hydrogens is 364 g/mol. The van der Waals surface area contributed by atoms with Gasteiger partial charge in [0.2, 0.25) is 0 Å². The molecule has 0 aliphatic carbocycles. The van der Waals surface area contributed by atoms with Crippen molar-refractivity contribution in [3.63, 3.8) is 0 Å². The zero-order chi connectivity index (χ0) is 19.0. The topological polar surface area (TPSA) is 53.8 Å². The van der Waals surface area contributed by atoms with E-state index in [0.29, 0.717) is 29.1 Å². The first kappa shape index (κ1) is 17.6. The number of aryl methyl sites for hydroxylation is 1. The number of nitrogens with zero attached hydrogens (tertiary/aromatic N) is 2. The lowest BCUT2D eigenvalue weighted by Gasteiger charge is -2.36. The van der Waals surface area contributed by atoms with Gasteiger partial charge in [-0.3, -0.25) is 9.59 Å². The lowest BCUT2D eigenvalue weighted by molar-refractivity contribution is 0.0715. The molecule has 1 aliphatic heterocycles. The van der Waals surface area contributed by atoms with Gasteiger partial charge in [0.1, 0.15) is 5.58 Å². The summed E-state index contributed by atoms with van der Waals surface area (Å²) in [6.07, 6.45) is 0. The number of halogens is 1. The number of para-hydroxylation sites is 1. The summed E-state index contributed by atoms with van der Waals surface area (Å²) in [6.45, 7) is 4.72. The van der Waals surface area contributed by atoms with Gasteiger partial charge in [0.25, 0.3) is 5.91 Å². The molecule has 0 radical (unpaired) electrons. The second-order valence-electron chi connectivity index (χ2n) is 6.68. The maximum absolute atomic E-state index is 12.8. The van der Waals surface area contributed by atoms with E-state index < -0.39 is 0 Å². The van der Waals surface area contributed by atoms with E-state index in [0.717, 1.165) is 13.1 Å². The summed E-state index contributed by atoms with van der Waals surface area (Å²) in [5.74, 6) is -0.187. The fourth-order valence-electron chi connectivity index (χ4n) is 3.46. The van der Waals surface area contributed by atoms with Gasteiger partial charge in [-0.05, 0) is 36.8 Å². The summed E-state index contributed by atoms with van der Waals surface area (Å²) in [5.41, 5.74) is 2.52.